The molecule has 0 aromatic carbocycles. The highest BCUT2D eigenvalue weighted by Gasteiger charge is 2.30. The van der Waals surface area contributed by atoms with E-state index in [1.54, 1.807) is 6.20 Å². The Morgan fingerprint density at radius 1 is 1.30 bits per heavy atom. The number of rotatable bonds is 5. The fourth-order valence-corrected chi connectivity index (χ4v) is 5.03. The van der Waals surface area contributed by atoms with Crippen LogP contribution in [-0.4, -0.2) is 48.0 Å². The lowest BCUT2D eigenvalue weighted by atomic mass is 9.95. The molecule has 1 fully saturated rings. The van der Waals surface area contributed by atoms with E-state index in [9.17, 15) is 4.79 Å². The second kappa shape index (κ2) is 7.25. The molecule has 3 aromatic rings. The molecule has 4 heterocycles. The van der Waals surface area contributed by atoms with Crippen molar-refractivity contribution in [3.05, 3.63) is 52.7 Å². The molecule has 7 heteroatoms. The van der Waals surface area contributed by atoms with Crippen LogP contribution in [0.15, 0.2) is 36.7 Å². The van der Waals surface area contributed by atoms with Crippen molar-refractivity contribution in [2.75, 3.05) is 32.1 Å². The number of nitrogens with two attached hydrogens (primary N) is 1. The Labute approximate surface area is 162 Å². The largest absolute Gasteiger partial charge is 0.365 e. The smallest absolute Gasteiger partial charge is 0.259 e. The molecule has 6 nitrogen and oxygen atoms in total. The SMILES string of the molecule is CN(C)c1ncccc1CN1CC[C@H](c2c(C(N)=O)sc3ncccc23)C1. The zero-order valence-corrected chi connectivity index (χ0v) is 16.4. The van der Waals surface area contributed by atoms with E-state index in [0.717, 1.165) is 47.7 Å². The summed E-state index contributed by atoms with van der Waals surface area (Å²) in [6.07, 6.45) is 4.60. The lowest BCUT2D eigenvalue weighted by molar-refractivity contribution is 0.100. The van der Waals surface area contributed by atoms with Crippen LogP contribution in [-0.2, 0) is 6.54 Å². The average molecular weight is 382 g/mol. The zero-order chi connectivity index (χ0) is 19.0. The molecule has 3 aromatic heterocycles. The van der Waals surface area contributed by atoms with Gasteiger partial charge in [-0.3, -0.25) is 9.69 Å². The number of hydrogen-bond acceptors (Lipinski definition) is 6. The van der Waals surface area contributed by atoms with Gasteiger partial charge in [-0.2, -0.15) is 0 Å². The summed E-state index contributed by atoms with van der Waals surface area (Å²) in [6.45, 7) is 2.75. The maximum Gasteiger partial charge on any atom is 0.259 e. The maximum atomic E-state index is 12.0. The summed E-state index contributed by atoms with van der Waals surface area (Å²) < 4.78 is 0. The zero-order valence-electron chi connectivity index (χ0n) is 15.6. The van der Waals surface area contributed by atoms with Crippen LogP contribution < -0.4 is 10.6 Å². The molecule has 4 rings (SSSR count). The molecule has 2 N–H and O–H groups in total. The van der Waals surface area contributed by atoms with Crippen LogP contribution in [0.2, 0.25) is 0 Å². The number of aromatic nitrogens is 2. The van der Waals surface area contributed by atoms with Gasteiger partial charge < -0.3 is 10.6 Å². The summed E-state index contributed by atoms with van der Waals surface area (Å²) in [5.74, 6) is 0.947. The van der Waals surface area contributed by atoms with E-state index in [-0.39, 0.29) is 5.91 Å². The Morgan fingerprint density at radius 2 is 2.07 bits per heavy atom. The third-order valence-corrected chi connectivity index (χ3v) is 6.24. The van der Waals surface area contributed by atoms with Crippen LogP contribution in [0.3, 0.4) is 0 Å². The minimum Gasteiger partial charge on any atom is -0.365 e. The van der Waals surface area contributed by atoms with Crippen molar-refractivity contribution in [1.29, 1.82) is 0 Å². The van der Waals surface area contributed by atoms with Crippen molar-refractivity contribution in [1.82, 2.24) is 14.9 Å². The van der Waals surface area contributed by atoms with Gasteiger partial charge in [0.25, 0.3) is 5.91 Å². The first-order valence-electron chi connectivity index (χ1n) is 9.05. The molecule has 0 radical (unpaired) electrons. The van der Waals surface area contributed by atoms with Gasteiger partial charge in [-0.1, -0.05) is 12.1 Å². The van der Waals surface area contributed by atoms with Crippen LogP contribution in [0.5, 0.6) is 0 Å². The number of fused-ring (bicyclic) bond motifs is 1. The highest BCUT2D eigenvalue weighted by atomic mass is 32.1. The first kappa shape index (κ1) is 17.9. The highest BCUT2D eigenvalue weighted by molar-refractivity contribution is 7.20. The predicted molar refractivity (Wildman–Crippen MR) is 109 cm³/mol. The topological polar surface area (TPSA) is 75.3 Å². The van der Waals surface area contributed by atoms with Crippen molar-refractivity contribution in [3.8, 4) is 0 Å². The third kappa shape index (κ3) is 3.40. The van der Waals surface area contributed by atoms with Gasteiger partial charge in [-0.25, -0.2) is 9.97 Å². The first-order valence-corrected chi connectivity index (χ1v) is 9.87. The molecule has 0 saturated carbocycles. The van der Waals surface area contributed by atoms with Gasteiger partial charge in [-0.05, 0) is 30.7 Å². The van der Waals surface area contributed by atoms with Crippen molar-refractivity contribution in [3.63, 3.8) is 0 Å². The normalized spacial score (nSPS) is 17.5. The quantitative estimate of drug-likeness (QED) is 0.735. The number of likely N-dealkylation sites (tertiary alicyclic amines) is 1. The lowest BCUT2D eigenvalue weighted by Gasteiger charge is -2.21. The van der Waals surface area contributed by atoms with Gasteiger partial charge in [0.1, 0.15) is 10.6 Å². The van der Waals surface area contributed by atoms with Crippen LogP contribution in [0.1, 0.15) is 33.1 Å². The van der Waals surface area contributed by atoms with Crippen LogP contribution >= 0.6 is 11.3 Å². The van der Waals surface area contributed by atoms with Crippen molar-refractivity contribution >= 4 is 33.3 Å². The number of carbonyl (C=O) groups excluding carboxylic acids is 1. The fraction of sp³-hybridized carbons (Fsp3) is 0.350. The molecule has 1 saturated heterocycles. The predicted octanol–water partition coefficient (Wildman–Crippen LogP) is 2.85. The number of primary amides is 1. The van der Waals surface area contributed by atoms with E-state index in [2.05, 4.69) is 27.0 Å². The first-order chi connectivity index (χ1) is 13.0. The van der Waals surface area contributed by atoms with Gasteiger partial charge >= 0.3 is 0 Å². The summed E-state index contributed by atoms with van der Waals surface area (Å²) in [7, 11) is 4.03. The van der Waals surface area contributed by atoms with Crippen LogP contribution in [0.4, 0.5) is 5.82 Å². The molecule has 140 valence electrons. The molecule has 0 bridgehead atoms. The van der Waals surface area contributed by atoms with E-state index in [4.69, 9.17) is 5.73 Å². The van der Waals surface area contributed by atoms with E-state index >= 15 is 0 Å². The number of hydrogen-bond donors (Lipinski definition) is 1. The van der Waals surface area contributed by atoms with E-state index in [1.165, 1.54) is 16.9 Å². The number of carbonyl (C=O) groups is 1. The highest BCUT2D eigenvalue weighted by Crippen LogP contribution is 2.39. The standard InChI is InChI=1S/C20H23N5OS/c1-24(2)19-14(5-3-8-22-19)12-25-10-7-13(11-25)16-15-6-4-9-23-20(15)27-17(16)18(21)26/h3-6,8-9,13H,7,10-12H2,1-2H3,(H2,21,26)/t13-/m0/s1. The third-order valence-electron chi connectivity index (χ3n) is 5.09. The van der Waals surface area contributed by atoms with Crippen molar-refractivity contribution in [2.24, 2.45) is 5.73 Å². The Bertz CT molecular complexity index is 983. The van der Waals surface area contributed by atoms with Gasteiger partial charge in [-0.15, -0.1) is 11.3 Å². The van der Waals surface area contributed by atoms with Crippen molar-refractivity contribution in [2.45, 2.75) is 18.9 Å². The van der Waals surface area contributed by atoms with Crippen LogP contribution in [0.25, 0.3) is 10.2 Å². The second-order valence-corrected chi connectivity index (χ2v) is 8.17. The second-order valence-electron chi connectivity index (χ2n) is 7.17. The molecule has 1 amide bonds. The number of amides is 1. The minimum atomic E-state index is -0.353. The molecule has 1 aliphatic rings. The van der Waals surface area contributed by atoms with E-state index in [1.807, 2.05) is 37.3 Å². The van der Waals surface area contributed by atoms with Gasteiger partial charge in [0, 0.05) is 56.4 Å². The monoisotopic (exact) mass is 381 g/mol. The Kier molecular flexibility index (Phi) is 4.80. The number of nitrogens with zero attached hydrogens (tertiary/aromatic N) is 4. The van der Waals surface area contributed by atoms with E-state index < -0.39 is 0 Å². The van der Waals surface area contributed by atoms with E-state index in [0.29, 0.717) is 10.8 Å². The molecule has 27 heavy (non-hydrogen) atoms. The number of anilines is 1. The summed E-state index contributed by atoms with van der Waals surface area (Å²) in [5.41, 5.74) is 7.97. The summed E-state index contributed by atoms with van der Waals surface area (Å²) in [6, 6.07) is 8.09. The Balaban J connectivity index is 1.60. The molecule has 0 spiro atoms. The lowest BCUT2D eigenvalue weighted by Crippen LogP contribution is -2.23. The molecule has 1 atom stereocenters. The summed E-state index contributed by atoms with van der Waals surface area (Å²) in [4.78, 5) is 27.0. The molecule has 0 unspecified atom stereocenters. The molecule has 1 aliphatic heterocycles. The maximum absolute atomic E-state index is 12.0. The molecular formula is C20H23N5OS. The summed E-state index contributed by atoms with van der Waals surface area (Å²) in [5, 5.41) is 1.07. The summed E-state index contributed by atoms with van der Waals surface area (Å²) >= 11 is 1.41. The minimum absolute atomic E-state index is 0.296. The van der Waals surface area contributed by atoms with Gasteiger partial charge in [0.2, 0.25) is 0 Å². The Hall–Kier alpha value is -2.51. The van der Waals surface area contributed by atoms with Gasteiger partial charge in [0.05, 0.1) is 4.88 Å². The Morgan fingerprint density at radius 3 is 2.85 bits per heavy atom. The van der Waals surface area contributed by atoms with Crippen molar-refractivity contribution < 1.29 is 4.79 Å². The van der Waals surface area contributed by atoms with Gasteiger partial charge in [0.15, 0.2) is 0 Å². The number of pyridine rings is 2. The number of thiophene rings is 1. The molecular weight excluding hydrogens is 358 g/mol. The average Bonchev–Trinajstić information content (AvgIpc) is 3.26. The fourth-order valence-electron chi connectivity index (χ4n) is 3.95. The molecule has 0 aliphatic carbocycles. The van der Waals surface area contributed by atoms with Crippen LogP contribution in [0, 0.1) is 0 Å².